The van der Waals surface area contributed by atoms with E-state index >= 15 is 0 Å². The Morgan fingerprint density at radius 3 is 3.10 bits per heavy atom. The highest BCUT2D eigenvalue weighted by molar-refractivity contribution is 9.10. The summed E-state index contributed by atoms with van der Waals surface area (Å²) in [6.45, 7) is 2.18. The van der Waals surface area contributed by atoms with Gasteiger partial charge < -0.3 is 5.11 Å². The van der Waals surface area contributed by atoms with Crippen LogP contribution in [-0.2, 0) is 0 Å². The van der Waals surface area contributed by atoms with Gasteiger partial charge in [-0.05, 0) is 46.6 Å². The van der Waals surface area contributed by atoms with Crippen molar-refractivity contribution in [2.75, 3.05) is 19.6 Å². The Morgan fingerprint density at radius 2 is 2.35 bits per heavy atom. The van der Waals surface area contributed by atoms with Crippen molar-refractivity contribution in [2.24, 2.45) is 5.92 Å². The average Bonchev–Trinajstić information content (AvgIpc) is 2.85. The SMILES string of the molecule is O=C(CN1CCC2(O)CCCCC2C1)c1sccc1Br. The molecule has 20 heavy (non-hydrogen) atoms. The molecule has 3 nitrogen and oxygen atoms in total. The number of halogens is 1. The van der Waals surface area contributed by atoms with E-state index in [0.717, 1.165) is 48.1 Å². The maximum absolute atomic E-state index is 12.3. The van der Waals surface area contributed by atoms with Gasteiger partial charge in [-0.1, -0.05) is 12.8 Å². The molecule has 110 valence electrons. The molecule has 1 aliphatic carbocycles. The number of piperidine rings is 1. The zero-order chi connectivity index (χ0) is 14.2. The van der Waals surface area contributed by atoms with Crippen LogP contribution < -0.4 is 0 Å². The van der Waals surface area contributed by atoms with Crippen LogP contribution in [0.4, 0.5) is 0 Å². The largest absolute Gasteiger partial charge is 0.390 e. The second-order valence-corrected chi connectivity index (χ2v) is 7.82. The number of nitrogens with zero attached hydrogens (tertiary/aromatic N) is 1. The molecule has 1 aromatic heterocycles. The topological polar surface area (TPSA) is 40.5 Å². The minimum absolute atomic E-state index is 0.188. The van der Waals surface area contributed by atoms with Crippen molar-refractivity contribution in [3.63, 3.8) is 0 Å². The van der Waals surface area contributed by atoms with Gasteiger partial charge in [-0.2, -0.15) is 0 Å². The molecule has 0 amide bonds. The zero-order valence-corrected chi connectivity index (χ0v) is 13.9. The standard InChI is InChI=1S/C15H20BrNO2S/c16-12-4-8-20-14(12)13(18)10-17-7-6-15(19)5-2-1-3-11(15)9-17/h4,8,11,19H,1-3,5-7,9-10H2. The van der Waals surface area contributed by atoms with Crippen molar-refractivity contribution in [1.82, 2.24) is 4.90 Å². The van der Waals surface area contributed by atoms with Crippen molar-refractivity contribution in [3.05, 3.63) is 20.8 Å². The first-order chi connectivity index (χ1) is 9.58. The van der Waals surface area contributed by atoms with Crippen LogP contribution >= 0.6 is 27.3 Å². The predicted octanol–water partition coefficient (Wildman–Crippen LogP) is 3.32. The summed E-state index contributed by atoms with van der Waals surface area (Å²) < 4.78 is 0.902. The third-order valence-corrected chi connectivity index (χ3v) is 6.63. The molecule has 1 saturated carbocycles. The van der Waals surface area contributed by atoms with E-state index < -0.39 is 5.60 Å². The highest BCUT2D eigenvalue weighted by Gasteiger charge is 2.42. The van der Waals surface area contributed by atoms with Crippen LogP contribution in [0.25, 0.3) is 0 Å². The molecule has 1 saturated heterocycles. The number of Topliss-reactive ketones (excluding diaryl/α,β-unsaturated/α-hetero) is 1. The van der Waals surface area contributed by atoms with Gasteiger partial charge in [0.15, 0.2) is 5.78 Å². The van der Waals surface area contributed by atoms with Gasteiger partial charge in [-0.15, -0.1) is 11.3 Å². The number of thiophene rings is 1. The van der Waals surface area contributed by atoms with E-state index in [2.05, 4.69) is 20.8 Å². The first kappa shape index (κ1) is 14.7. The lowest BCUT2D eigenvalue weighted by atomic mass is 9.71. The fourth-order valence-electron chi connectivity index (χ4n) is 3.55. The molecule has 2 aliphatic rings. The van der Waals surface area contributed by atoms with E-state index in [1.165, 1.54) is 17.8 Å². The smallest absolute Gasteiger partial charge is 0.187 e. The van der Waals surface area contributed by atoms with Gasteiger partial charge in [0.2, 0.25) is 0 Å². The average molecular weight is 358 g/mol. The zero-order valence-electron chi connectivity index (χ0n) is 11.5. The third kappa shape index (κ3) is 2.86. The van der Waals surface area contributed by atoms with E-state index in [0.29, 0.717) is 12.5 Å². The van der Waals surface area contributed by atoms with Gasteiger partial charge >= 0.3 is 0 Å². The quantitative estimate of drug-likeness (QED) is 0.843. The van der Waals surface area contributed by atoms with Crippen molar-refractivity contribution in [1.29, 1.82) is 0 Å². The lowest BCUT2D eigenvalue weighted by molar-refractivity contribution is -0.0936. The number of hydrogen-bond acceptors (Lipinski definition) is 4. The van der Waals surface area contributed by atoms with Crippen molar-refractivity contribution in [3.8, 4) is 0 Å². The molecule has 1 aromatic rings. The molecule has 0 spiro atoms. The minimum atomic E-state index is -0.457. The van der Waals surface area contributed by atoms with Gasteiger partial charge in [0, 0.05) is 23.5 Å². The van der Waals surface area contributed by atoms with Crippen molar-refractivity contribution >= 4 is 33.0 Å². The van der Waals surface area contributed by atoms with Crippen molar-refractivity contribution in [2.45, 2.75) is 37.7 Å². The van der Waals surface area contributed by atoms with Crippen molar-refractivity contribution < 1.29 is 9.90 Å². The summed E-state index contributed by atoms with van der Waals surface area (Å²) in [4.78, 5) is 15.3. The molecule has 0 bridgehead atoms. The Balaban J connectivity index is 1.62. The number of ketones is 1. The highest BCUT2D eigenvalue weighted by atomic mass is 79.9. The summed E-state index contributed by atoms with van der Waals surface area (Å²) in [6.07, 6.45) is 5.22. The number of rotatable bonds is 3. The Bertz CT molecular complexity index is 504. The molecule has 2 unspecified atom stereocenters. The molecular formula is C15H20BrNO2S. The monoisotopic (exact) mass is 357 g/mol. The molecule has 1 N–H and O–H groups in total. The number of hydrogen-bond donors (Lipinski definition) is 1. The third-order valence-electron chi connectivity index (χ3n) is 4.75. The van der Waals surface area contributed by atoms with E-state index in [9.17, 15) is 9.90 Å². The summed E-state index contributed by atoms with van der Waals surface area (Å²) in [6, 6.07) is 1.92. The van der Waals surface area contributed by atoms with Gasteiger partial charge in [0.25, 0.3) is 0 Å². The molecule has 3 rings (SSSR count). The summed E-state index contributed by atoms with van der Waals surface area (Å²) in [5.41, 5.74) is -0.457. The van der Waals surface area contributed by atoms with Crippen LogP contribution in [0.2, 0.25) is 0 Å². The summed E-state index contributed by atoms with van der Waals surface area (Å²) in [5.74, 6) is 0.540. The normalized spacial score (nSPS) is 31.0. The van der Waals surface area contributed by atoms with Gasteiger partial charge in [-0.3, -0.25) is 9.69 Å². The van der Waals surface area contributed by atoms with E-state index in [1.54, 1.807) is 0 Å². The Hall–Kier alpha value is -0.230. The highest BCUT2D eigenvalue weighted by Crippen LogP contribution is 2.39. The molecule has 2 heterocycles. The fraction of sp³-hybridized carbons (Fsp3) is 0.667. The van der Waals surface area contributed by atoms with E-state index in [1.807, 2.05) is 11.4 Å². The summed E-state index contributed by atoms with van der Waals surface area (Å²) in [5, 5.41) is 12.6. The molecule has 2 atom stereocenters. The first-order valence-corrected chi connectivity index (χ1v) is 8.97. The number of carbonyl (C=O) groups is 1. The molecule has 2 fully saturated rings. The number of likely N-dealkylation sites (tertiary alicyclic amines) is 1. The Morgan fingerprint density at radius 1 is 1.50 bits per heavy atom. The van der Waals surface area contributed by atoms with Crippen LogP contribution in [-0.4, -0.2) is 41.0 Å². The van der Waals surface area contributed by atoms with Gasteiger partial charge in [0.1, 0.15) is 0 Å². The molecule has 0 aromatic carbocycles. The Kier molecular flexibility index (Phi) is 4.32. The molecular weight excluding hydrogens is 338 g/mol. The summed E-state index contributed by atoms with van der Waals surface area (Å²) in [7, 11) is 0. The van der Waals surface area contributed by atoms with Crippen LogP contribution in [0, 0.1) is 5.92 Å². The second kappa shape index (κ2) is 5.87. The van der Waals surface area contributed by atoms with Crippen LogP contribution in [0.3, 0.4) is 0 Å². The molecule has 0 radical (unpaired) electrons. The fourth-order valence-corrected chi connectivity index (χ4v) is 5.08. The number of fused-ring (bicyclic) bond motifs is 1. The van der Waals surface area contributed by atoms with Crippen LogP contribution in [0.1, 0.15) is 41.8 Å². The van der Waals surface area contributed by atoms with Crippen LogP contribution in [0.5, 0.6) is 0 Å². The molecule has 1 aliphatic heterocycles. The number of aliphatic hydroxyl groups is 1. The lowest BCUT2D eigenvalue weighted by Gasteiger charge is -2.47. The Labute approximate surface area is 132 Å². The van der Waals surface area contributed by atoms with Gasteiger partial charge in [0.05, 0.1) is 17.0 Å². The minimum Gasteiger partial charge on any atom is -0.390 e. The maximum atomic E-state index is 12.3. The van der Waals surface area contributed by atoms with E-state index in [4.69, 9.17) is 0 Å². The summed E-state index contributed by atoms with van der Waals surface area (Å²) >= 11 is 4.92. The first-order valence-electron chi connectivity index (χ1n) is 7.29. The van der Waals surface area contributed by atoms with Gasteiger partial charge in [-0.25, -0.2) is 0 Å². The predicted molar refractivity (Wildman–Crippen MR) is 84.3 cm³/mol. The maximum Gasteiger partial charge on any atom is 0.187 e. The second-order valence-electron chi connectivity index (χ2n) is 6.05. The number of carbonyl (C=O) groups excluding carboxylic acids is 1. The van der Waals surface area contributed by atoms with Crippen LogP contribution in [0.15, 0.2) is 15.9 Å². The molecule has 5 heteroatoms. The lowest BCUT2D eigenvalue weighted by Crippen LogP contribution is -2.54. The van der Waals surface area contributed by atoms with E-state index in [-0.39, 0.29) is 5.78 Å².